The smallest absolute Gasteiger partial charge is 0.330 e. The fourth-order valence-corrected chi connectivity index (χ4v) is 1.42. The van der Waals surface area contributed by atoms with E-state index in [-0.39, 0.29) is 18.4 Å². The lowest BCUT2D eigenvalue weighted by molar-refractivity contribution is -0.132. The van der Waals surface area contributed by atoms with E-state index in [1.165, 1.54) is 6.92 Å². The second-order valence-electron chi connectivity index (χ2n) is 3.85. The van der Waals surface area contributed by atoms with Crippen molar-refractivity contribution in [1.82, 2.24) is 4.90 Å². The van der Waals surface area contributed by atoms with Crippen molar-refractivity contribution in [2.45, 2.75) is 25.7 Å². The highest BCUT2D eigenvalue weighted by molar-refractivity contribution is 5.85. The number of nitrogens with zero attached hydrogens (tertiary/aromatic N) is 1. The molecule has 3 nitrogen and oxygen atoms in total. The third-order valence-electron chi connectivity index (χ3n) is 2.58. The van der Waals surface area contributed by atoms with E-state index in [4.69, 9.17) is 5.11 Å². The highest BCUT2D eigenvalue weighted by Crippen LogP contribution is 2.27. The molecule has 1 aliphatic rings. The summed E-state index contributed by atoms with van der Waals surface area (Å²) >= 11 is 0. The number of rotatable bonds is 3. The molecule has 1 rings (SSSR count). The van der Waals surface area contributed by atoms with Gasteiger partial charge in [0, 0.05) is 38.0 Å². The highest BCUT2D eigenvalue weighted by atomic mass is 19.3. The van der Waals surface area contributed by atoms with Crippen molar-refractivity contribution in [3.63, 3.8) is 0 Å². The molecule has 0 aromatic rings. The first-order valence-electron chi connectivity index (χ1n) is 4.91. The molecule has 0 bridgehead atoms. The van der Waals surface area contributed by atoms with Crippen molar-refractivity contribution in [3.8, 4) is 0 Å². The first kappa shape index (κ1) is 12.1. The van der Waals surface area contributed by atoms with Crippen molar-refractivity contribution >= 4 is 5.97 Å². The zero-order valence-corrected chi connectivity index (χ0v) is 8.67. The molecule has 1 saturated heterocycles. The monoisotopic (exact) mass is 219 g/mol. The standard InChI is InChI=1S/C10H15F2NO2/c1-8(9(14)15)2-5-13-6-3-10(11,12)4-7-13/h2H,3-7H2,1H3,(H,14,15)/b8-2+. The second kappa shape index (κ2) is 4.70. The quantitative estimate of drug-likeness (QED) is 0.735. The number of aliphatic carboxylic acids is 1. The molecule has 0 unspecified atom stereocenters. The highest BCUT2D eigenvalue weighted by Gasteiger charge is 2.33. The van der Waals surface area contributed by atoms with Crippen molar-refractivity contribution in [1.29, 1.82) is 0 Å². The maximum Gasteiger partial charge on any atom is 0.330 e. The molecule has 15 heavy (non-hydrogen) atoms. The average Bonchev–Trinajstić information content (AvgIpc) is 2.15. The Morgan fingerprint density at radius 3 is 2.47 bits per heavy atom. The number of hydrogen-bond donors (Lipinski definition) is 1. The fraction of sp³-hybridized carbons (Fsp3) is 0.700. The van der Waals surface area contributed by atoms with Crippen LogP contribution in [0.3, 0.4) is 0 Å². The van der Waals surface area contributed by atoms with E-state index in [0.29, 0.717) is 19.6 Å². The van der Waals surface area contributed by atoms with Crippen LogP contribution in [0.2, 0.25) is 0 Å². The molecule has 86 valence electrons. The Hall–Kier alpha value is -0.970. The first-order valence-corrected chi connectivity index (χ1v) is 4.91. The third kappa shape index (κ3) is 3.95. The molecule has 0 radical (unpaired) electrons. The Labute approximate surface area is 87.4 Å². The number of halogens is 2. The number of likely N-dealkylation sites (tertiary alicyclic amines) is 1. The van der Waals surface area contributed by atoms with Gasteiger partial charge in [-0.1, -0.05) is 6.08 Å². The Morgan fingerprint density at radius 2 is 2.00 bits per heavy atom. The molecule has 1 aliphatic heterocycles. The number of carboxylic acids is 1. The lowest BCUT2D eigenvalue weighted by atomic mass is 10.1. The Balaban J connectivity index is 2.37. The largest absolute Gasteiger partial charge is 0.478 e. The summed E-state index contributed by atoms with van der Waals surface area (Å²) in [6, 6.07) is 0. The zero-order chi connectivity index (χ0) is 11.5. The van der Waals surface area contributed by atoms with Crippen molar-refractivity contribution in [3.05, 3.63) is 11.6 Å². The summed E-state index contributed by atoms with van der Waals surface area (Å²) in [5, 5.41) is 8.59. The van der Waals surface area contributed by atoms with Gasteiger partial charge >= 0.3 is 5.97 Å². The lowest BCUT2D eigenvalue weighted by Gasteiger charge is -2.30. The van der Waals surface area contributed by atoms with Crippen LogP contribution in [0.25, 0.3) is 0 Å². The lowest BCUT2D eigenvalue weighted by Crippen LogP contribution is -2.39. The maximum atomic E-state index is 12.8. The number of alkyl halides is 2. The van der Waals surface area contributed by atoms with Gasteiger partial charge in [-0.2, -0.15) is 0 Å². The second-order valence-corrected chi connectivity index (χ2v) is 3.85. The summed E-state index contributed by atoms with van der Waals surface area (Å²) in [6.07, 6.45) is 1.30. The first-order chi connectivity index (χ1) is 6.91. The molecule has 0 saturated carbocycles. The minimum Gasteiger partial charge on any atom is -0.478 e. The van der Waals surface area contributed by atoms with Gasteiger partial charge in [-0.15, -0.1) is 0 Å². The van der Waals surface area contributed by atoms with E-state index in [9.17, 15) is 13.6 Å². The van der Waals surface area contributed by atoms with Crippen LogP contribution in [0, 0.1) is 0 Å². The summed E-state index contributed by atoms with van der Waals surface area (Å²) in [5.74, 6) is -3.50. The third-order valence-corrected chi connectivity index (χ3v) is 2.58. The van der Waals surface area contributed by atoms with E-state index in [1.807, 2.05) is 4.90 Å². The van der Waals surface area contributed by atoms with E-state index in [0.717, 1.165) is 0 Å². The van der Waals surface area contributed by atoms with Crippen LogP contribution in [0.4, 0.5) is 8.78 Å². The van der Waals surface area contributed by atoms with Crippen molar-refractivity contribution < 1.29 is 18.7 Å². The Bertz CT molecular complexity index is 267. The van der Waals surface area contributed by atoms with E-state index >= 15 is 0 Å². The molecule has 1 heterocycles. The summed E-state index contributed by atoms with van der Waals surface area (Å²) in [7, 11) is 0. The van der Waals surface area contributed by atoms with Gasteiger partial charge in [-0.05, 0) is 6.92 Å². The molecule has 0 aromatic carbocycles. The predicted octanol–water partition coefficient (Wildman–Crippen LogP) is 1.75. The molecule has 0 aromatic heterocycles. The van der Waals surface area contributed by atoms with Gasteiger partial charge in [0.25, 0.3) is 5.92 Å². The van der Waals surface area contributed by atoms with E-state index in [1.54, 1.807) is 6.08 Å². The Morgan fingerprint density at radius 1 is 1.47 bits per heavy atom. The minimum atomic E-state index is -2.54. The zero-order valence-electron chi connectivity index (χ0n) is 8.67. The molecule has 1 fully saturated rings. The topological polar surface area (TPSA) is 40.5 Å². The molecule has 0 aliphatic carbocycles. The number of carbonyl (C=O) groups is 1. The normalized spacial score (nSPS) is 22.7. The van der Waals surface area contributed by atoms with Gasteiger partial charge in [0.15, 0.2) is 0 Å². The van der Waals surface area contributed by atoms with Crippen LogP contribution in [-0.4, -0.2) is 41.5 Å². The van der Waals surface area contributed by atoms with Crippen LogP contribution < -0.4 is 0 Å². The summed E-state index contributed by atoms with van der Waals surface area (Å²) in [5.41, 5.74) is 0.257. The SMILES string of the molecule is C/C(=C\CN1CCC(F)(F)CC1)C(=O)O. The van der Waals surface area contributed by atoms with Crippen molar-refractivity contribution in [2.75, 3.05) is 19.6 Å². The molecular formula is C10H15F2NO2. The van der Waals surface area contributed by atoms with E-state index < -0.39 is 11.9 Å². The van der Waals surface area contributed by atoms with Gasteiger partial charge in [-0.3, -0.25) is 4.90 Å². The maximum absolute atomic E-state index is 12.8. The average molecular weight is 219 g/mol. The van der Waals surface area contributed by atoms with Gasteiger partial charge in [0.05, 0.1) is 0 Å². The molecular weight excluding hydrogens is 204 g/mol. The van der Waals surface area contributed by atoms with Crippen LogP contribution in [0.15, 0.2) is 11.6 Å². The van der Waals surface area contributed by atoms with Crippen molar-refractivity contribution in [2.24, 2.45) is 0 Å². The Kier molecular flexibility index (Phi) is 3.79. The molecule has 0 amide bonds. The van der Waals surface area contributed by atoms with Gasteiger partial charge in [0.1, 0.15) is 0 Å². The van der Waals surface area contributed by atoms with Gasteiger partial charge < -0.3 is 5.11 Å². The number of piperidine rings is 1. The molecule has 1 N–H and O–H groups in total. The minimum absolute atomic E-state index is 0.132. The predicted molar refractivity (Wildman–Crippen MR) is 52.0 cm³/mol. The molecule has 0 atom stereocenters. The number of carboxylic acid groups (broad SMARTS) is 1. The van der Waals surface area contributed by atoms with Crippen LogP contribution in [-0.2, 0) is 4.79 Å². The molecule has 5 heteroatoms. The van der Waals surface area contributed by atoms with Crippen LogP contribution in [0.5, 0.6) is 0 Å². The van der Waals surface area contributed by atoms with Crippen LogP contribution >= 0.6 is 0 Å². The van der Waals surface area contributed by atoms with Gasteiger partial charge in [0.2, 0.25) is 0 Å². The molecule has 0 spiro atoms. The van der Waals surface area contributed by atoms with Gasteiger partial charge in [-0.25, -0.2) is 13.6 Å². The summed E-state index contributed by atoms with van der Waals surface area (Å²) in [4.78, 5) is 12.3. The summed E-state index contributed by atoms with van der Waals surface area (Å²) < 4.78 is 25.5. The summed E-state index contributed by atoms with van der Waals surface area (Å²) in [6.45, 7) is 2.60. The number of hydrogen-bond acceptors (Lipinski definition) is 2. The van der Waals surface area contributed by atoms with Crippen LogP contribution in [0.1, 0.15) is 19.8 Å². The van der Waals surface area contributed by atoms with E-state index in [2.05, 4.69) is 0 Å². The fourth-order valence-electron chi connectivity index (χ4n) is 1.42.